The van der Waals surface area contributed by atoms with Gasteiger partial charge < -0.3 is 9.73 Å². The molecule has 0 aliphatic carbocycles. The Labute approximate surface area is 115 Å². The van der Waals surface area contributed by atoms with Crippen LogP contribution in [-0.2, 0) is 11.3 Å². The minimum atomic E-state index is -0.200. The van der Waals surface area contributed by atoms with Crippen LogP contribution in [0.15, 0.2) is 40.3 Å². The number of carbonyl (C=O) groups is 1. The summed E-state index contributed by atoms with van der Waals surface area (Å²) in [5, 5.41) is 13.8. The molecule has 1 amide bonds. The summed E-state index contributed by atoms with van der Waals surface area (Å²) in [6.45, 7) is 0.391. The highest BCUT2D eigenvalue weighted by atomic mass is 32.1. The van der Waals surface area contributed by atoms with Crippen LogP contribution in [-0.4, -0.2) is 5.91 Å². The minimum Gasteiger partial charge on any atom is -0.467 e. The summed E-state index contributed by atoms with van der Waals surface area (Å²) < 4.78 is 5.12. The molecular formula is C14H14N2O2S. The molecule has 2 heterocycles. The van der Waals surface area contributed by atoms with E-state index in [1.807, 2.05) is 23.6 Å². The Hall–Kier alpha value is -2.06. The lowest BCUT2D eigenvalue weighted by atomic mass is 10.0. The fraction of sp³-hybridized carbons (Fsp3) is 0.286. The number of hydrogen-bond donors (Lipinski definition) is 1. The van der Waals surface area contributed by atoms with Crippen molar-refractivity contribution in [1.29, 1.82) is 5.26 Å². The Balaban J connectivity index is 1.75. The van der Waals surface area contributed by atoms with Gasteiger partial charge in [-0.2, -0.15) is 5.26 Å². The van der Waals surface area contributed by atoms with Crippen molar-refractivity contribution >= 4 is 17.2 Å². The van der Waals surface area contributed by atoms with Crippen LogP contribution in [0.1, 0.15) is 29.4 Å². The summed E-state index contributed by atoms with van der Waals surface area (Å²) in [6, 6.07) is 9.68. The molecule has 0 radical (unpaired) electrons. The zero-order chi connectivity index (χ0) is 13.5. The SMILES string of the molecule is N#CC(CCC(=O)NCc1ccco1)c1cccs1. The van der Waals surface area contributed by atoms with E-state index in [1.54, 1.807) is 23.7 Å². The van der Waals surface area contributed by atoms with Gasteiger partial charge in [0.1, 0.15) is 5.76 Å². The van der Waals surface area contributed by atoms with Gasteiger partial charge in [0.25, 0.3) is 0 Å². The Morgan fingerprint density at radius 1 is 1.47 bits per heavy atom. The number of furan rings is 1. The van der Waals surface area contributed by atoms with Crippen LogP contribution in [0.3, 0.4) is 0 Å². The van der Waals surface area contributed by atoms with Crippen LogP contribution in [0.25, 0.3) is 0 Å². The number of thiophene rings is 1. The molecule has 0 fully saturated rings. The first-order valence-electron chi connectivity index (χ1n) is 6.01. The highest BCUT2D eigenvalue weighted by Crippen LogP contribution is 2.24. The third kappa shape index (κ3) is 3.97. The number of carbonyl (C=O) groups excluding carboxylic acids is 1. The molecule has 5 heteroatoms. The van der Waals surface area contributed by atoms with Crippen LogP contribution in [0.4, 0.5) is 0 Å². The van der Waals surface area contributed by atoms with E-state index in [0.29, 0.717) is 19.4 Å². The van der Waals surface area contributed by atoms with E-state index in [2.05, 4.69) is 11.4 Å². The topological polar surface area (TPSA) is 66.0 Å². The first kappa shape index (κ1) is 13.4. The molecule has 1 atom stereocenters. The summed E-state index contributed by atoms with van der Waals surface area (Å²) in [6.07, 6.45) is 2.46. The first-order valence-corrected chi connectivity index (χ1v) is 6.89. The molecule has 0 bridgehead atoms. The number of hydrogen-bond acceptors (Lipinski definition) is 4. The molecule has 2 aromatic rings. The van der Waals surface area contributed by atoms with E-state index in [9.17, 15) is 4.79 Å². The van der Waals surface area contributed by atoms with E-state index in [-0.39, 0.29) is 11.8 Å². The molecule has 0 saturated heterocycles. The highest BCUT2D eigenvalue weighted by Gasteiger charge is 2.13. The maximum absolute atomic E-state index is 11.7. The van der Waals surface area contributed by atoms with Gasteiger partial charge in [-0.1, -0.05) is 6.07 Å². The monoisotopic (exact) mass is 274 g/mol. The second kappa shape index (κ2) is 6.76. The third-order valence-electron chi connectivity index (χ3n) is 2.74. The van der Waals surface area contributed by atoms with E-state index in [0.717, 1.165) is 10.6 Å². The zero-order valence-corrected chi connectivity index (χ0v) is 11.2. The van der Waals surface area contributed by atoms with Crippen molar-refractivity contribution < 1.29 is 9.21 Å². The van der Waals surface area contributed by atoms with Gasteiger partial charge in [-0.25, -0.2) is 0 Å². The predicted octanol–water partition coefficient (Wildman–Crippen LogP) is 3.04. The lowest BCUT2D eigenvalue weighted by Gasteiger charge is -2.07. The molecular weight excluding hydrogens is 260 g/mol. The van der Waals surface area contributed by atoms with Crippen molar-refractivity contribution in [3.05, 3.63) is 46.5 Å². The van der Waals surface area contributed by atoms with E-state index in [1.165, 1.54) is 0 Å². The molecule has 0 aromatic carbocycles. The number of amides is 1. The van der Waals surface area contributed by atoms with Crippen LogP contribution in [0, 0.1) is 11.3 Å². The summed E-state index contributed by atoms with van der Waals surface area (Å²) >= 11 is 1.55. The number of nitrogens with zero attached hydrogens (tertiary/aromatic N) is 1. The lowest BCUT2D eigenvalue weighted by Crippen LogP contribution is -2.22. The normalized spacial score (nSPS) is 11.7. The molecule has 98 valence electrons. The molecule has 0 aliphatic rings. The Bertz CT molecular complexity index is 541. The maximum Gasteiger partial charge on any atom is 0.220 e. The Kier molecular flexibility index (Phi) is 4.76. The van der Waals surface area contributed by atoms with Crippen LogP contribution in [0.5, 0.6) is 0 Å². The fourth-order valence-electron chi connectivity index (χ4n) is 1.72. The summed E-state index contributed by atoms with van der Waals surface area (Å²) in [5.74, 6) is 0.464. The molecule has 0 saturated carbocycles. The summed E-state index contributed by atoms with van der Waals surface area (Å²) in [7, 11) is 0. The standard InChI is InChI=1S/C14H14N2O2S/c15-9-11(13-4-2-8-19-13)5-6-14(17)16-10-12-3-1-7-18-12/h1-4,7-8,11H,5-6,10H2,(H,16,17). The van der Waals surface area contributed by atoms with Gasteiger partial charge in [-0.3, -0.25) is 4.79 Å². The minimum absolute atomic E-state index is 0.0618. The van der Waals surface area contributed by atoms with Gasteiger partial charge in [0.05, 0.1) is 24.8 Å². The largest absolute Gasteiger partial charge is 0.467 e. The number of nitriles is 1. The van der Waals surface area contributed by atoms with Crippen LogP contribution < -0.4 is 5.32 Å². The molecule has 4 nitrogen and oxygen atoms in total. The van der Waals surface area contributed by atoms with Gasteiger partial charge in [0.2, 0.25) is 5.91 Å². The molecule has 19 heavy (non-hydrogen) atoms. The number of nitrogens with one attached hydrogen (secondary N) is 1. The predicted molar refractivity (Wildman–Crippen MR) is 72.5 cm³/mol. The van der Waals surface area contributed by atoms with Gasteiger partial charge >= 0.3 is 0 Å². The van der Waals surface area contributed by atoms with Crippen molar-refractivity contribution in [1.82, 2.24) is 5.32 Å². The number of rotatable bonds is 6. The summed E-state index contributed by atoms with van der Waals surface area (Å²) in [5.41, 5.74) is 0. The molecule has 2 rings (SSSR count). The van der Waals surface area contributed by atoms with Gasteiger partial charge in [-0.15, -0.1) is 11.3 Å². The molecule has 0 aliphatic heterocycles. The second-order valence-corrected chi connectivity index (χ2v) is 5.07. The summed E-state index contributed by atoms with van der Waals surface area (Å²) in [4.78, 5) is 12.7. The van der Waals surface area contributed by atoms with Crippen molar-refractivity contribution in [3.63, 3.8) is 0 Å². The van der Waals surface area contributed by atoms with Crippen molar-refractivity contribution in [2.75, 3.05) is 0 Å². The first-order chi connectivity index (χ1) is 9.29. The van der Waals surface area contributed by atoms with Crippen molar-refractivity contribution in [2.24, 2.45) is 0 Å². The van der Waals surface area contributed by atoms with Gasteiger partial charge in [0, 0.05) is 11.3 Å². The molecule has 1 N–H and O–H groups in total. The smallest absolute Gasteiger partial charge is 0.220 e. The van der Waals surface area contributed by atoms with Gasteiger partial charge in [0.15, 0.2) is 0 Å². The Morgan fingerprint density at radius 3 is 3.00 bits per heavy atom. The zero-order valence-electron chi connectivity index (χ0n) is 10.3. The van der Waals surface area contributed by atoms with Crippen LogP contribution >= 0.6 is 11.3 Å². The van der Waals surface area contributed by atoms with E-state index < -0.39 is 0 Å². The molecule has 1 unspecified atom stereocenters. The molecule has 2 aromatic heterocycles. The van der Waals surface area contributed by atoms with Crippen molar-refractivity contribution in [2.45, 2.75) is 25.3 Å². The molecule has 0 spiro atoms. The van der Waals surface area contributed by atoms with Crippen molar-refractivity contribution in [3.8, 4) is 6.07 Å². The second-order valence-electron chi connectivity index (χ2n) is 4.09. The average molecular weight is 274 g/mol. The third-order valence-corrected chi connectivity index (χ3v) is 3.73. The fourth-order valence-corrected chi connectivity index (χ4v) is 2.53. The highest BCUT2D eigenvalue weighted by molar-refractivity contribution is 7.10. The van der Waals surface area contributed by atoms with Crippen LogP contribution in [0.2, 0.25) is 0 Å². The van der Waals surface area contributed by atoms with E-state index in [4.69, 9.17) is 9.68 Å². The Morgan fingerprint density at radius 2 is 2.37 bits per heavy atom. The van der Waals surface area contributed by atoms with E-state index >= 15 is 0 Å². The maximum atomic E-state index is 11.7. The quantitative estimate of drug-likeness (QED) is 0.880. The lowest BCUT2D eigenvalue weighted by molar-refractivity contribution is -0.121. The average Bonchev–Trinajstić information content (AvgIpc) is 3.10. The van der Waals surface area contributed by atoms with Gasteiger partial charge in [-0.05, 0) is 30.0 Å².